The Hall–Kier alpha value is -1.35. The predicted molar refractivity (Wildman–Crippen MR) is 62.4 cm³/mol. The van der Waals surface area contributed by atoms with E-state index in [9.17, 15) is 4.79 Å². The van der Waals surface area contributed by atoms with Crippen molar-refractivity contribution in [2.45, 2.75) is 25.3 Å². The minimum absolute atomic E-state index is 0.0909. The second-order valence-corrected chi connectivity index (χ2v) is 4.59. The van der Waals surface area contributed by atoms with Crippen LogP contribution in [-0.2, 0) is 11.3 Å². The standard InChI is InChI=1S/C13H17NO2/c1-14(9-13(15)16)8-10-3-2-4-12(7-10)11-5-6-11/h2-4,7,11H,5-6,8-9H2,1H3,(H,15,16). The van der Waals surface area contributed by atoms with Gasteiger partial charge in [0.25, 0.3) is 0 Å². The average Bonchev–Trinajstić information content (AvgIpc) is 2.99. The molecule has 0 amide bonds. The molecule has 1 fully saturated rings. The van der Waals surface area contributed by atoms with E-state index in [0.29, 0.717) is 6.54 Å². The summed E-state index contributed by atoms with van der Waals surface area (Å²) in [6.45, 7) is 0.792. The molecule has 86 valence electrons. The number of hydrogen-bond donors (Lipinski definition) is 1. The van der Waals surface area contributed by atoms with Gasteiger partial charge < -0.3 is 5.11 Å². The Morgan fingerprint density at radius 1 is 1.50 bits per heavy atom. The molecule has 0 unspecified atom stereocenters. The van der Waals surface area contributed by atoms with Gasteiger partial charge in [-0.25, -0.2) is 0 Å². The number of benzene rings is 1. The van der Waals surface area contributed by atoms with Crippen molar-refractivity contribution in [2.75, 3.05) is 13.6 Å². The van der Waals surface area contributed by atoms with Crippen LogP contribution in [-0.4, -0.2) is 29.6 Å². The Bertz CT molecular complexity index is 385. The van der Waals surface area contributed by atoms with Crippen molar-refractivity contribution < 1.29 is 9.90 Å². The molecule has 16 heavy (non-hydrogen) atoms. The van der Waals surface area contributed by atoms with Gasteiger partial charge in [-0.05, 0) is 36.9 Å². The Labute approximate surface area is 95.7 Å². The van der Waals surface area contributed by atoms with E-state index in [1.807, 2.05) is 11.9 Å². The monoisotopic (exact) mass is 219 g/mol. The van der Waals surface area contributed by atoms with Crippen LogP contribution in [0.15, 0.2) is 24.3 Å². The second-order valence-electron chi connectivity index (χ2n) is 4.59. The van der Waals surface area contributed by atoms with Gasteiger partial charge >= 0.3 is 5.97 Å². The number of likely N-dealkylation sites (N-methyl/N-ethyl adjacent to an activating group) is 1. The highest BCUT2D eigenvalue weighted by atomic mass is 16.4. The molecule has 3 nitrogen and oxygen atoms in total. The summed E-state index contributed by atoms with van der Waals surface area (Å²) in [5.74, 6) is -0.0226. The topological polar surface area (TPSA) is 40.5 Å². The van der Waals surface area contributed by atoms with E-state index in [-0.39, 0.29) is 6.54 Å². The first-order valence-electron chi connectivity index (χ1n) is 5.64. The molecular weight excluding hydrogens is 202 g/mol. The smallest absolute Gasteiger partial charge is 0.317 e. The van der Waals surface area contributed by atoms with Crippen LogP contribution in [0.5, 0.6) is 0 Å². The average molecular weight is 219 g/mol. The summed E-state index contributed by atoms with van der Waals surface area (Å²) in [7, 11) is 1.83. The van der Waals surface area contributed by atoms with E-state index in [0.717, 1.165) is 5.92 Å². The zero-order valence-electron chi connectivity index (χ0n) is 9.52. The van der Waals surface area contributed by atoms with Gasteiger partial charge in [0, 0.05) is 6.54 Å². The van der Waals surface area contributed by atoms with Crippen LogP contribution < -0.4 is 0 Å². The summed E-state index contributed by atoms with van der Waals surface area (Å²) < 4.78 is 0. The highest BCUT2D eigenvalue weighted by Crippen LogP contribution is 2.40. The van der Waals surface area contributed by atoms with Crippen molar-refractivity contribution in [3.63, 3.8) is 0 Å². The van der Waals surface area contributed by atoms with Crippen LogP contribution in [0, 0.1) is 0 Å². The summed E-state index contributed by atoms with van der Waals surface area (Å²) in [5, 5.41) is 8.67. The summed E-state index contributed by atoms with van der Waals surface area (Å²) in [4.78, 5) is 12.4. The Balaban J connectivity index is 1.97. The van der Waals surface area contributed by atoms with E-state index >= 15 is 0 Å². The van der Waals surface area contributed by atoms with Gasteiger partial charge in [-0.15, -0.1) is 0 Å². The Kier molecular flexibility index (Phi) is 3.25. The van der Waals surface area contributed by atoms with Gasteiger partial charge in [0.1, 0.15) is 0 Å². The van der Waals surface area contributed by atoms with Gasteiger partial charge in [-0.2, -0.15) is 0 Å². The third-order valence-corrected chi connectivity index (χ3v) is 2.86. The maximum atomic E-state index is 10.5. The lowest BCUT2D eigenvalue weighted by molar-refractivity contribution is -0.138. The first-order valence-corrected chi connectivity index (χ1v) is 5.64. The van der Waals surface area contributed by atoms with Crippen molar-refractivity contribution in [1.29, 1.82) is 0 Å². The highest BCUT2D eigenvalue weighted by Gasteiger charge is 2.23. The number of nitrogens with zero attached hydrogens (tertiary/aromatic N) is 1. The highest BCUT2D eigenvalue weighted by molar-refractivity contribution is 5.69. The number of carbonyl (C=O) groups is 1. The molecule has 0 bridgehead atoms. The molecule has 1 aromatic rings. The van der Waals surface area contributed by atoms with Crippen molar-refractivity contribution in [3.8, 4) is 0 Å². The van der Waals surface area contributed by atoms with Gasteiger partial charge in [0.15, 0.2) is 0 Å². The van der Waals surface area contributed by atoms with Crippen LogP contribution in [0.4, 0.5) is 0 Å². The Morgan fingerprint density at radius 2 is 2.25 bits per heavy atom. The minimum atomic E-state index is -0.777. The van der Waals surface area contributed by atoms with Crippen molar-refractivity contribution >= 4 is 5.97 Å². The van der Waals surface area contributed by atoms with Crippen molar-refractivity contribution in [3.05, 3.63) is 35.4 Å². The summed E-state index contributed by atoms with van der Waals surface area (Å²) in [6, 6.07) is 8.50. The van der Waals surface area contributed by atoms with Crippen molar-refractivity contribution in [2.24, 2.45) is 0 Å². The molecular formula is C13H17NO2. The minimum Gasteiger partial charge on any atom is -0.480 e. The molecule has 1 aliphatic rings. The van der Waals surface area contributed by atoms with Gasteiger partial charge in [-0.3, -0.25) is 9.69 Å². The van der Waals surface area contributed by atoms with E-state index in [4.69, 9.17) is 5.11 Å². The van der Waals surface area contributed by atoms with Crippen LogP contribution in [0.1, 0.15) is 29.9 Å². The lowest BCUT2D eigenvalue weighted by atomic mass is 10.1. The summed E-state index contributed by atoms with van der Waals surface area (Å²) >= 11 is 0. The molecule has 0 atom stereocenters. The number of aliphatic carboxylic acids is 1. The van der Waals surface area contributed by atoms with Crippen LogP contribution in [0.3, 0.4) is 0 Å². The first kappa shape index (κ1) is 11.1. The first-order chi connectivity index (χ1) is 7.65. The molecule has 0 aromatic heterocycles. The molecule has 1 aliphatic carbocycles. The number of hydrogen-bond acceptors (Lipinski definition) is 2. The number of carboxylic acid groups (broad SMARTS) is 1. The van der Waals surface area contributed by atoms with E-state index in [2.05, 4.69) is 24.3 Å². The van der Waals surface area contributed by atoms with Crippen molar-refractivity contribution in [1.82, 2.24) is 4.90 Å². The number of carboxylic acids is 1. The lowest BCUT2D eigenvalue weighted by Crippen LogP contribution is -2.25. The molecule has 1 aromatic carbocycles. The molecule has 0 aliphatic heterocycles. The largest absolute Gasteiger partial charge is 0.480 e. The maximum absolute atomic E-state index is 10.5. The maximum Gasteiger partial charge on any atom is 0.317 e. The summed E-state index contributed by atoms with van der Waals surface area (Å²) in [6.07, 6.45) is 2.60. The SMILES string of the molecule is CN(CC(=O)O)Cc1cccc(C2CC2)c1. The van der Waals surface area contributed by atoms with Crippen LogP contribution in [0.2, 0.25) is 0 Å². The molecule has 1 saturated carbocycles. The normalized spacial score (nSPS) is 15.4. The van der Waals surface area contributed by atoms with Crippen LogP contribution in [0.25, 0.3) is 0 Å². The number of rotatable bonds is 5. The van der Waals surface area contributed by atoms with Gasteiger partial charge in [0.2, 0.25) is 0 Å². The fraction of sp³-hybridized carbons (Fsp3) is 0.462. The lowest BCUT2D eigenvalue weighted by Gasteiger charge is -2.14. The van der Waals surface area contributed by atoms with E-state index in [1.165, 1.54) is 24.0 Å². The summed E-state index contributed by atoms with van der Waals surface area (Å²) in [5.41, 5.74) is 2.61. The second kappa shape index (κ2) is 4.66. The van der Waals surface area contributed by atoms with Gasteiger partial charge in [0.05, 0.1) is 6.54 Å². The van der Waals surface area contributed by atoms with Gasteiger partial charge in [-0.1, -0.05) is 24.3 Å². The molecule has 1 N–H and O–H groups in total. The third kappa shape index (κ3) is 3.07. The third-order valence-electron chi connectivity index (χ3n) is 2.86. The molecule has 2 rings (SSSR count). The fourth-order valence-corrected chi connectivity index (χ4v) is 1.96. The Morgan fingerprint density at radius 3 is 2.88 bits per heavy atom. The molecule has 0 heterocycles. The quantitative estimate of drug-likeness (QED) is 0.824. The zero-order valence-corrected chi connectivity index (χ0v) is 9.52. The molecule has 3 heteroatoms. The van der Waals surface area contributed by atoms with Crippen LogP contribution >= 0.6 is 0 Å². The fourth-order valence-electron chi connectivity index (χ4n) is 1.96. The molecule has 0 radical (unpaired) electrons. The zero-order chi connectivity index (χ0) is 11.5. The molecule has 0 saturated heterocycles. The van der Waals surface area contributed by atoms with E-state index < -0.39 is 5.97 Å². The molecule has 0 spiro atoms. The predicted octanol–water partition coefficient (Wildman–Crippen LogP) is 2.08. The van der Waals surface area contributed by atoms with E-state index in [1.54, 1.807) is 0 Å².